The van der Waals surface area contributed by atoms with Crippen LogP contribution in [0, 0.1) is 0 Å². The molecular weight excluding hydrogens is 212 g/mol. The summed E-state index contributed by atoms with van der Waals surface area (Å²) in [6, 6.07) is 7.76. The van der Waals surface area contributed by atoms with Crippen molar-refractivity contribution >= 4 is 11.6 Å². The van der Waals surface area contributed by atoms with Crippen LogP contribution in [0.1, 0.15) is 19.8 Å². The Morgan fingerprint density at radius 2 is 1.93 bits per heavy atom. The number of hydrogen-bond acceptors (Lipinski definition) is 2. The van der Waals surface area contributed by atoms with Crippen molar-refractivity contribution in [2.24, 2.45) is 0 Å². The highest BCUT2D eigenvalue weighted by atomic mass is 35.5. The first-order chi connectivity index (χ1) is 7.29. The van der Waals surface area contributed by atoms with Crippen molar-refractivity contribution in [1.29, 1.82) is 0 Å². The van der Waals surface area contributed by atoms with E-state index in [4.69, 9.17) is 21.1 Å². The predicted octanol–water partition coefficient (Wildman–Crippen LogP) is 3.23. The SMILES string of the molecule is CCOc1ccccc1OC1CC(Cl)C1. The van der Waals surface area contributed by atoms with Crippen LogP contribution in [-0.2, 0) is 0 Å². The zero-order chi connectivity index (χ0) is 10.7. The summed E-state index contributed by atoms with van der Waals surface area (Å²) in [5, 5.41) is 0.286. The Hall–Kier alpha value is -0.890. The number of ether oxygens (including phenoxy) is 2. The van der Waals surface area contributed by atoms with E-state index in [1.807, 2.05) is 31.2 Å². The zero-order valence-corrected chi connectivity index (χ0v) is 9.54. The summed E-state index contributed by atoms with van der Waals surface area (Å²) < 4.78 is 11.3. The van der Waals surface area contributed by atoms with Crippen LogP contribution in [0.15, 0.2) is 24.3 Å². The first-order valence-electron chi connectivity index (χ1n) is 5.32. The van der Waals surface area contributed by atoms with Crippen molar-refractivity contribution in [2.45, 2.75) is 31.2 Å². The lowest BCUT2D eigenvalue weighted by Crippen LogP contribution is -2.34. The van der Waals surface area contributed by atoms with Gasteiger partial charge in [-0.1, -0.05) is 12.1 Å². The third-order valence-corrected chi connectivity index (χ3v) is 2.84. The van der Waals surface area contributed by atoms with Crippen molar-refractivity contribution in [3.05, 3.63) is 24.3 Å². The molecule has 0 bridgehead atoms. The van der Waals surface area contributed by atoms with Crippen LogP contribution in [0.5, 0.6) is 11.5 Å². The molecule has 1 aromatic carbocycles. The maximum atomic E-state index is 5.90. The van der Waals surface area contributed by atoms with E-state index in [-0.39, 0.29) is 11.5 Å². The first-order valence-corrected chi connectivity index (χ1v) is 5.75. The number of benzene rings is 1. The normalized spacial score (nSPS) is 24.4. The number of alkyl halides is 1. The molecule has 0 spiro atoms. The topological polar surface area (TPSA) is 18.5 Å². The molecule has 3 heteroatoms. The number of rotatable bonds is 4. The maximum Gasteiger partial charge on any atom is 0.161 e. The summed E-state index contributed by atoms with van der Waals surface area (Å²) in [5.41, 5.74) is 0. The van der Waals surface area contributed by atoms with Gasteiger partial charge in [-0.2, -0.15) is 0 Å². The monoisotopic (exact) mass is 226 g/mol. The third-order valence-electron chi connectivity index (χ3n) is 2.48. The van der Waals surface area contributed by atoms with Crippen molar-refractivity contribution in [3.8, 4) is 11.5 Å². The van der Waals surface area contributed by atoms with Gasteiger partial charge in [-0.3, -0.25) is 0 Å². The smallest absolute Gasteiger partial charge is 0.161 e. The Kier molecular flexibility index (Phi) is 3.37. The van der Waals surface area contributed by atoms with Crippen molar-refractivity contribution in [3.63, 3.8) is 0 Å². The summed E-state index contributed by atoms with van der Waals surface area (Å²) in [7, 11) is 0. The van der Waals surface area contributed by atoms with E-state index in [1.165, 1.54) is 0 Å². The Balaban J connectivity index is 2.00. The standard InChI is InChI=1S/C12H15ClO2/c1-2-14-11-5-3-4-6-12(11)15-10-7-9(13)8-10/h3-6,9-10H,2,7-8H2,1H3. The molecule has 0 N–H and O–H groups in total. The quantitative estimate of drug-likeness (QED) is 0.734. The minimum Gasteiger partial charge on any atom is -0.490 e. The molecule has 0 heterocycles. The Bertz CT molecular complexity index is 321. The molecule has 15 heavy (non-hydrogen) atoms. The summed E-state index contributed by atoms with van der Waals surface area (Å²) in [6.45, 7) is 2.62. The highest BCUT2D eigenvalue weighted by Crippen LogP contribution is 2.34. The van der Waals surface area contributed by atoms with Crippen LogP contribution in [0.2, 0.25) is 0 Å². The minimum atomic E-state index is 0.258. The molecule has 1 aliphatic rings. The largest absolute Gasteiger partial charge is 0.490 e. The molecule has 1 aromatic rings. The fraction of sp³-hybridized carbons (Fsp3) is 0.500. The van der Waals surface area contributed by atoms with E-state index < -0.39 is 0 Å². The predicted molar refractivity (Wildman–Crippen MR) is 60.9 cm³/mol. The van der Waals surface area contributed by atoms with Crippen LogP contribution >= 0.6 is 11.6 Å². The summed E-state index contributed by atoms with van der Waals surface area (Å²) in [4.78, 5) is 0. The lowest BCUT2D eigenvalue weighted by Gasteiger charge is -2.31. The molecule has 0 amide bonds. The fourth-order valence-corrected chi connectivity index (χ4v) is 2.00. The van der Waals surface area contributed by atoms with Gasteiger partial charge in [0.05, 0.1) is 6.61 Å². The maximum absolute atomic E-state index is 5.90. The van der Waals surface area contributed by atoms with Gasteiger partial charge >= 0.3 is 0 Å². The first kappa shape index (κ1) is 10.6. The molecule has 0 aliphatic heterocycles. The zero-order valence-electron chi connectivity index (χ0n) is 8.78. The number of hydrogen-bond donors (Lipinski definition) is 0. The molecule has 1 saturated carbocycles. The summed E-state index contributed by atoms with van der Waals surface area (Å²) in [6.07, 6.45) is 2.12. The second-order valence-electron chi connectivity index (χ2n) is 3.69. The van der Waals surface area contributed by atoms with Gasteiger partial charge in [-0.25, -0.2) is 0 Å². The second-order valence-corrected chi connectivity index (χ2v) is 4.31. The van der Waals surface area contributed by atoms with Crippen molar-refractivity contribution in [2.75, 3.05) is 6.61 Å². The van der Waals surface area contributed by atoms with Gasteiger partial charge in [0.15, 0.2) is 11.5 Å². The average molecular weight is 227 g/mol. The Labute approximate surface area is 95.1 Å². The molecule has 1 aliphatic carbocycles. The van der Waals surface area contributed by atoms with Gasteiger partial charge in [0.25, 0.3) is 0 Å². The summed E-state index contributed by atoms with van der Waals surface area (Å²) in [5.74, 6) is 1.64. The van der Waals surface area contributed by atoms with E-state index in [0.29, 0.717) is 6.61 Å². The van der Waals surface area contributed by atoms with E-state index in [0.717, 1.165) is 24.3 Å². The molecule has 1 fully saturated rings. The molecule has 0 aromatic heterocycles. The van der Waals surface area contributed by atoms with E-state index >= 15 is 0 Å². The highest BCUT2D eigenvalue weighted by Gasteiger charge is 2.29. The molecule has 0 saturated heterocycles. The van der Waals surface area contributed by atoms with Crippen molar-refractivity contribution in [1.82, 2.24) is 0 Å². The van der Waals surface area contributed by atoms with Crippen LogP contribution in [0.3, 0.4) is 0 Å². The van der Waals surface area contributed by atoms with E-state index in [1.54, 1.807) is 0 Å². The molecule has 2 rings (SSSR count). The van der Waals surface area contributed by atoms with Gasteiger partial charge in [0.1, 0.15) is 6.10 Å². The second kappa shape index (κ2) is 4.75. The molecule has 0 atom stereocenters. The molecule has 82 valence electrons. The van der Waals surface area contributed by atoms with Gasteiger partial charge in [-0.05, 0) is 19.1 Å². The lowest BCUT2D eigenvalue weighted by atomic mass is 9.95. The Morgan fingerprint density at radius 3 is 2.53 bits per heavy atom. The number of halogens is 1. The van der Waals surface area contributed by atoms with Gasteiger partial charge in [0, 0.05) is 18.2 Å². The molecule has 2 nitrogen and oxygen atoms in total. The average Bonchev–Trinajstić information content (AvgIpc) is 2.19. The molecule has 0 unspecified atom stereocenters. The third kappa shape index (κ3) is 2.57. The van der Waals surface area contributed by atoms with Gasteiger partial charge in [-0.15, -0.1) is 11.6 Å². The minimum absolute atomic E-state index is 0.258. The molecule has 0 radical (unpaired) electrons. The number of para-hydroxylation sites is 2. The van der Waals surface area contributed by atoms with Crippen LogP contribution < -0.4 is 9.47 Å². The highest BCUT2D eigenvalue weighted by molar-refractivity contribution is 6.21. The fourth-order valence-electron chi connectivity index (χ4n) is 1.60. The lowest BCUT2D eigenvalue weighted by molar-refractivity contribution is 0.118. The van der Waals surface area contributed by atoms with Crippen molar-refractivity contribution < 1.29 is 9.47 Å². The van der Waals surface area contributed by atoms with Crippen LogP contribution in [0.4, 0.5) is 0 Å². The van der Waals surface area contributed by atoms with Gasteiger partial charge in [0.2, 0.25) is 0 Å². The van der Waals surface area contributed by atoms with E-state index in [9.17, 15) is 0 Å². The van der Waals surface area contributed by atoms with Crippen LogP contribution in [0.25, 0.3) is 0 Å². The van der Waals surface area contributed by atoms with Gasteiger partial charge < -0.3 is 9.47 Å². The van der Waals surface area contributed by atoms with E-state index in [2.05, 4.69) is 0 Å². The summed E-state index contributed by atoms with van der Waals surface area (Å²) >= 11 is 5.90. The molecular formula is C12H15ClO2. The van der Waals surface area contributed by atoms with Crippen LogP contribution in [-0.4, -0.2) is 18.1 Å². The Morgan fingerprint density at radius 1 is 1.27 bits per heavy atom.